The summed E-state index contributed by atoms with van der Waals surface area (Å²) in [6.07, 6.45) is 0. The topological polar surface area (TPSA) is 64.1 Å². The van der Waals surface area contributed by atoms with Crippen molar-refractivity contribution in [3.8, 4) is 17.0 Å². The van der Waals surface area contributed by atoms with Crippen LogP contribution in [0.1, 0.15) is 12.7 Å². The second kappa shape index (κ2) is 8.68. The van der Waals surface area contributed by atoms with E-state index in [4.69, 9.17) is 4.74 Å². The molecule has 1 atom stereocenters. The second-order valence-corrected chi connectivity index (χ2v) is 7.32. The molecule has 0 radical (unpaired) electrons. The number of ether oxygens (including phenoxy) is 1. The Labute approximate surface area is 163 Å². The van der Waals surface area contributed by atoms with Gasteiger partial charge in [-0.05, 0) is 32.0 Å². The number of aromatic nitrogens is 2. The molecule has 27 heavy (non-hydrogen) atoms. The van der Waals surface area contributed by atoms with Crippen LogP contribution in [0.3, 0.4) is 0 Å². The van der Waals surface area contributed by atoms with E-state index in [1.807, 2.05) is 74.5 Å². The van der Waals surface area contributed by atoms with Gasteiger partial charge < -0.3 is 10.1 Å². The number of nitrogens with one attached hydrogen (secondary N) is 1. The summed E-state index contributed by atoms with van der Waals surface area (Å²) >= 11 is 1.40. The zero-order chi connectivity index (χ0) is 19.2. The maximum absolute atomic E-state index is 12.6. The molecular formula is C21H21N3O2S. The summed E-state index contributed by atoms with van der Waals surface area (Å²) in [6.45, 7) is 3.71. The maximum atomic E-state index is 12.6. The first-order valence-corrected chi connectivity index (χ1v) is 9.46. The first-order chi connectivity index (χ1) is 13.1. The van der Waals surface area contributed by atoms with Gasteiger partial charge in [0.05, 0.1) is 23.7 Å². The number of carbonyl (C=O) groups excluding carboxylic acids is 1. The van der Waals surface area contributed by atoms with Crippen molar-refractivity contribution < 1.29 is 9.53 Å². The van der Waals surface area contributed by atoms with Crippen LogP contribution in [0.5, 0.6) is 5.75 Å². The minimum atomic E-state index is -0.326. The van der Waals surface area contributed by atoms with Gasteiger partial charge in [-0.2, -0.15) is 0 Å². The van der Waals surface area contributed by atoms with Gasteiger partial charge in [0.2, 0.25) is 5.91 Å². The Balaban J connectivity index is 1.74. The molecule has 1 aromatic heterocycles. The Kier molecular flexibility index (Phi) is 6.08. The SMILES string of the molecule is COc1ccccc1NC(=O)[C@H](C)Sc1cc(-c2ccccc2)nc(C)n1. The van der Waals surface area contributed by atoms with Gasteiger partial charge in [-0.1, -0.05) is 54.2 Å². The van der Waals surface area contributed by atoms with Crippen LogP contribution >= 0.6 is 11.8 Å². The van der Waals surface area contributed by atoms with Gasteiger partial charge in [0.15, 0.2) is 0 Å². The van der Waals surface area contributed by atoms with Gasteiger partial charge in [-0.3, -0.25) is 4.79 Å². The number of rotatable bonds is 6. The molecule has 0 aliphatic rings. The smallest absolute Gasteiger partial charge is 0.237 e. The summed E-state index contributed by atoms with van der Waals surface area (Å²) in [5.41, 5.74) is 2.53. The number of benzene rings is 2. The predicted octanol–water partition coefficient (Wildman–Crippen LogP) is 4.58. The molecule has 6 heteroatoms. The molecule has 3 rings (SSSR count). The minimum Gasteiger partial charge on any atom is -0.495 e. The highest BCUT2D eigenvalue weighted by atomic mass is 32.2. The molecule has 0 saturated carbocycles. The lowest BCUT2D eigenvalue weighted by Gasteiger charge is -2.14. The highest BCUT2D eigenvalue weighted by molar-refractivity contribution is 8.00. The number of carbonyl (C=O) groups is 1. The van der Waals surface area contributed by atoms with E-state index in [0.29, 0.717) is 17.3 Å². The third-order valence-corrected chi connectivity index (χ3v) is 4.93. The number of nitrogens with zero attached hydrogens (tertiary/aromatic N) is 2. The standard InChI is InChI=1S/C21H21N3O2S/c1-14(21(25)24-17-11-7-8-12-19(17)26-3)27-20-13-18(22-15(2)23-20)16-9-5-4-6-10-16/h4-14H,1-3H3,(H,24,25)/t14-/m0/s1. The van der Waals surface area contributed by atoms with Crippen molar-refractivity contribution in [3.05, 3.63) is 66.5 Å². The summed E-state index contributed by atoms with van der Waals surface area (Å²) < 4.78 is 5.28. The van der Waals surface area contributed by atoms with Gasteiger partial charge in [0, 0.05) is 5.56 Å². The molecule has 0 saturated heterocycles. The molecule has 0 bridgehead atoms. The van der Waals surface area contributed by atoms with Gasteiger partial charge >= 0.3 is 0 Å². The molecule has 1 heterocycles. The predicted molar refractivity (Wildman–Crippen MR) is 109 cm³/mol. The lowest BCUT2D eigenvalue weighted by Crippen LogP contribution is -2.22. The van der Waals surface area contributed by atoms with Crippen LogP contribution in [0, 0.1) is 6.92 Å². The Bertz CT molecular complexity index is 932. The number of para-hydroxylation sites is 2. The van der Waals surface area contributed by atoms with Gasteiger partial charge in [0.1, 0.15) is 16.6 Å². The van der Waals surface area contributed by atoms with Crippen molar-refractivity contribution in [2.75, 3.05) is 12.4 Å². The average Bonchev–Trinajstić information content (AvgIpc) is 2.68. The lowest BCUT2D eigenvalue weighted by molar-refractivity contribution is -0.115. The Morgan fingerprint density at radius 1 is 1.07 bits per heavy atom. The zero-order valence-corrected chi connectivity index (χ0v) is 16.3. The van der Waals surface area contributed by atoms with E-state index in [1.165, 1.54) is 11.8 Å². The third kappa shape index (κ3) is 4.86. The number of amides is 1. The van der Waals surface area contributed by atoms with Gasteiger partial charge in [-0.25, -0.2) is 9.97 Å². The molecular weight excluding hydrogens is 358 g/mol. The van der Waals surface area contributed by atoms with Gasteiger partial charge in [-0.15, -0.1) is 0 Å². The summed E-state index contributed by atoms with van der Waals surface area (Å²) in [4.78, 5) is 21.6. The van der Waals surface area contributed by atoms with E-state index < -0.39 is 0 Å². The highest BCUT2D eigenvalue weighted by Crippen LogP contribution is 2.28. The normalized spacial score (nSPS) is 11.7. The number of hydrogen-bond acceptors (Lipinski definition) is 5. The van der Waals surface area contributed by atoms with Crippen LogP contribution in [-0.2, 0) is 4.79 Å². The summed E-state index contributed by atoms with van der Waals surface area (Å²) in [6, 6.07) is 19.2. The van der Waals surface area contributed by atoms with E-state index >= 15 is 0 Å². The van der Waals surface area contributed by atoms with Crippen LogP contribution in [0.15, 0.2) is 65.7 Å². The van der Waals surface area contributed by atoms with E-state index in [9.17, 15) is 4.79 Å². The molecule has 0 spiro atoms. The van der Waals surface area contributed by atoms with Crippen molar-refractivity contribution in [3.63, 3.8) is 0 Å². The Morgan fingerprint density at radius 2 is 1.78 bits per heavy atom. The van der Waals surface area contributed by atoms with Crippen molar-refractivity contribution in [1.82, 2.24) is 9.97 Å². The molecule has 3 aromatic rings. The van der Waals surface area contributed by atoms with Gasteiger partial charge in [0.25, 0.3) is 0 Å². The molecule has 0 unspecified atom stereocenters. The molecule has 0 fully saturated rings. The first kappa shape index (κ1) is 18.9. The number of thioether (sulfide) groups is 1. The maximum Gasteiger partial charge on any atom is 0.237 e. The summed E-state index contributed by atoms with van der Waals surface area (Å²) in [7, 11) is 1.58. The van der Waals surface area contributed by atoms with E-state index in [-0.39, 0.29) is 11.2 Å². The fourth-order valence-electron chi connectivity index (χ4n) is 2.57. The van der Waals surface area contributed by atoms with Crippen molar-refractivity contribution in [2.24, 2.45) is 0 Å². The van der Waals surface area contributed by atoms with Crippen LogP contribution in [-0.4, -0.2) is 28.2 Å². The fraction of sp³-hybridized carbons (Fsp3) is 0.190. The fourth-order valence-corrected chi connectivity index (χ4v) is 3.47. The van der Waals surface area contributed by atoms with Crippen molar-refractivity contribution in [2.45, 2.75) is 24.1 Å². The van der Waals surface area contributed by atoms with Crippen LogP contribution in [0.4, 0.5) is 5.69 Å². The largest absolute Gasteiger partial charge is 0.495 e. The summed E-state index contributed by atoms with van der Waals surface area (Å²) in [5, 5.41) is 3.36. The molecule has 1 amide bonds. The second-order valence-electron chi connectivity index (χ2n) is 5.95. The molecule has 138 valence electrons. The highest BCUT2D eigenvalue weighted by Gasteiger charge is 2.18. The molecule has 0 aliphatic carbocycles. The monoisotopic (exact) mass is 379 g/mol. The Morgan fingerprint density at radius 3 is 2.52 bits per heavy atom. The Hall–Kier alpha value is -2.86. The molecule has 5 nitrogen and oxygen atoms in total. The number of anilines is 1. The molecule has 2 aromatic carbocycles. The average molecular weight is 379 g/mol. The van der Waals surface area contributed by atoms with E-state index in [1.54, 1.807) is 7.11 Å². The van der Waals surface area contributed by atoms with Crippen LogP contribution < -0.4 is 10.1 Å². The number of methoxy groups -OCH3 is 1. The molecule has 0 aliphatic heterocycles. The molecule has 1 N–H and O–H groups in total. The van der Waals surface area contributed by atoms with Crippen LogP contribution in [0.25, 0.3) is 11.3 Å². The lowest BCUT2D eigenvalue weighted by atomic mass is 10.1. The first-order valence-electron chi connectivity index (χ1n) is 8.58. The minimum absolute atomic E-state index is 0.109. The number of aryl methyl sites for hydroxylation is 1. The van der Waals surface area contributed by atoms with Crippen LogP contribution in [0.2, 0.25) is 0 Å². The third-order valence-electron chi connectivity index (χ3n) is 3.92. The van der Waals surface area contributed by atoms with E-state index in [2.05, 4.69) is 15.3 Å². The quantitative estimate of drug-likeness (QED) is 0.502. The van der Waals surface area contributed by atoms with Crippen molar-refractivity contribution in [1.29, 1.82) is 0 Å². The van der Waals surface area contributed by atoms with Crippen molar-refractivity contribution >= 4 is 23.4 Å². The number of hydrogen-bond donors (Lipinski definition) is 1. The zero-order valence-electron chi connectivity index (χ0n) is 15.5. The van der Waals surface area contributed by atoms with E-state index in [0.717, 1.165) is 16.3 Å². The summed E-state index contributed by atoms with van der Waals surface area (Å²) in [5.74, 6) is 1.20.